The number of carbonyl (C=O) groups excluding carboxylic acids is 4. The summed E-state index contributed by atoms with van der Waals surface area (Å²) in [6, 6.07) is 6.69. The summed E-state index contributed by atoms with van der Waals surface area (Å²) in [6.45, 7) is 1.57. The Labute approximate surface area is 179 Å². The van der Waals surface area contributed by atoms with Crippen LogP contribution in [0.5, 0.6) is 0 Å². The number of nitrogens with zero attached hydrogens (tertiary/aromatic N) is 2. The highest BCUT2D eigenvalue weighted by Crippen LogP contribution is 2.43. The number of Topliss-reactive ketones (excluding diaryl/α,β-unsaturated/α-hetero) is 2. The summed E-state index contributed by atoms with van der Waals surface area (Å²) in [5.74, 6) is -4.93. The van der Waals surface area contributed by atoms with E-state index in [0.717, 1.165) is 28.4 Å². The normalized spacial score (nSPS) is 18.5. The maximum Gasteiger partial charge on any atom is 0.350 e. The largest absolute Gasteiger partial charge is 0.467 e. The van der Waals surface area contributed by atoms with Gasteiger partial charge >= 0.3 is 5.97 Å². The first-order valence-electron chi connectivity index (χ1n) is 9.09. The number of aryl methyl sites for hydroxylation is 1. The van der Waals surface area contributed by atoms with E-state index in [9.17, 15) is 23.6 Å². The van der Waals surface area contributed by atoms with Crippen LogP contribution in [0.15, 0.2) is 47.1 Å². The molecule has 3 heterocycles. The number of halogens is 1. The number of amides is 1. The van der Waals surface area contributed by atoms with E-state index in [1.807, 2.05) is 0 Å². The van der Waals surface area contributed by atoms with Crippen LogP contribution in [0.3, 0.4) is 0 Å². The van der Waals surface area contributed by atoms with Gasteiger partial charge in [0.05, 0.1) is 19.1 Å². The molecule has 0 radical (unpaired) electrons. The van der Waals surface area contributed by atoms with Crippen LogP contribution < -0.4 is 4.90 Å². The zero-order chi connectivity index (χ0) is 22.3. The molecule has 2 atom stereocenters. The number of hydrogen-bond donors (Lipinski definition) is 0. The van der Waals surface area contributed by atoms with Gasteiger partial charge in [0.2, 0.25) is 5.78 Å². The van der Waals surface area contributed by atoms with Gasteiger partial charge in [0, 0.05) is 5.56 Å². The van der Waals surface area contributed by atoms with E-state index in [2.05, 4.69) is 4.98 Å². The molecule has 31 heavy (non-hydrogen) atoms. The molecule has 10 heteroatoms. The smallest absolute Gasteiger partial charge is 0.350 e. The van der Waals surface area contributed by atoms with Crippen LogP contribution >= 0.6 is 11.3 Å². The monoisotopic (exact) mass is 442 g/mol. The molecule has 0 spiro atoms. The average molecular weight is 442 g/mol. The van der Waals surface area contributed by atoms with Gasteiger partial charge in [-0.2, -0.15) is 0 Å². The Kier molecular flexibility index (Phi) is 5.24. The Bertz CT molecular complexity index is 1190. The number of ketones is 2. The molecule has 2 aromatic heterocycles. The molecule has 1 aliphatic rings. The summed E-state index contributed by atoms with van der Waals surface area (Å²) < 4.78 is 23.4. The molecule has 0 N–H and O–H groups in total. The lowest BCUT2D eigenvalue weighted by atomic mass is 9.89. The van der Waals surface area contributed by atoms with Gasteiger partial charge in [0.1, 0.15) is 28.4 Å². The Hall–Kier alpha value is -3.66. The summed E-state index contributed by atoms with van der Waals surface area (Å²) in [5.41, 5.74) is 0.398. The fourth-order valence-electron chi connectivity index (χ4n) is 3.45. The Morgan fingerprint density at radius 3 is 2.52 bits per heavy atom. The Morgan fingerprint density at radius 1 is 1.19 bits per heavy atom. The van der Waals surface area contributed by atoms with Crippen LogP contribution in [0.2, 0.25) is 0 Å². The van der Waals surface area contributed by atoms with Crippen molar-refractivity contribution in [2.45, 2.75) is 13.0 Å². The SMILES string of the molecule is COC(=O)c1sc(N2C(=O)C(=O)C(C(=O)c3ccc(F)cc3)C2c2ccco2)nc1C. The van der Waals surface area contributed by atoms with Gasteiger partial charge in [-0.1, -0.05) is 11.3 Å². The second-order valence-electron chi connectivity index (χ2n) is 6.75. The van der Waals surface area contributed by atoms with E-state index in [4.69, 9.17) is 9.15 Å². The number of anilines is 1. The van der Waals surface area contributed by atoms with Crippen molar-refractivity contribution in [2.24, 2.45) is 5.92 Å². The van der Waals surface area contributed by atoms with E-state index < -0.39 is 41.2 Å². The maximum atomic E-state index is 13.3. The number of rotatable bonds is 5. The van der Waals surface area contributed by atoms with Crippen molar-refractivity contribution in [1.82, 2.24) is 4.98 Å². The van der Waals surface area contributed by atoms with Gasteiger partial charge in [-0.15, -0.1) is 0 Å². The number of aromatic nitrogens is 1. The molecular formula is C21H15FN2O6S. The van der Waals surface area contributed by atoms with Gasteiger partial charge in [0.25, 0.3) is 5.91 Å². The first kappa shape index (κ1) is 20.6. The summed E-state index contributed by atoms with van der Waals surface area (Å²) in [4.78, 5) is 56.5. The average Bonchev–Trinajstić information content (AvgIpc) is 3.47. The van der Waals surface area contributed by atoms with Crippen molar-refractivity contribution in [3.05, 3.63) is 70.4 Å². The number of furan rings is 1. The van der Waals surface area contributed by atoms with Crippen molar-refractivity contribution in [2.75, 3.05) is 12.0 Å². The Balaban J connectivity index is 1.82. The third-order valence-corrected chi connectivity index (χ3v) is 6.05. The summed E-state index contributed by atoms with van der Waals surface area (Å²) >= 11 is 0.872. The second-order valence-corrected chi connectivity index (χ2v) is 7.73. The first-order chi connectivity index (χ1) is 14.8. The van der Waals surface area contributed by atoms with Gasteiger partial charge in [-0.05, 0) is 43.3 Å². The highest BCUT2D eigenvalue weighted by molar-refractivity contribution is 7.17. The quantitative estimate of drug-likeness (QED) is 0.259. The lowest BCUT2D eigenvalue weighted by molar-refractivity contribution is -0.135. The van der Waals surface area contributed by atoms with Gasteiger partial charge < -0.3 is 9.15 Å². The van der Waals surface area contributed by atoms with Gasteiger partial charge in [-0.25, -0.2) is 14.2 Å². The van der Waals surface area contributed by atoms with E-state index in [1.54, 1.807) is 13.0 Å². The van der Waals surface area contributed by atoms with E-state index in [-0.39, 0.29) is 21.3 Å². The van der Waals surface area contributed by atoms with Crippen LogP contribution in [0.4, 0.5) is 9.52 Å². The van der Waals surface area contributed by atoms with Crippen LogP contribution in [0, 0.1) is 18.7 Å². The molecule has 1 aromatic carbocycles. The number of methoxy groups -OCH3 is 1. The summed E-state index contributed by atoms with van der Waals surface area (Å²) in [5, 5.41) is 0.0621. The standard InChI is InChI=1S/C21H15FN2O6S/c1-10-18(20(28)29-2)31-21(23-10)24-15(13-4-3-9-30-13)14(17(26)19(24)27)16(25)11-5-7-12(22)8-6-11/h3-9,14-15H,1-2H3. The number of esters is 1. The molecule has 0 bridgehead atoms. The zero-order valence-corrected chi connectivity index (χ0v) is 17.1. The van der Waals surface area contributed by atoms with Crippen LogP contribution in [-0.2, 0) is 14.3 Å². The molecule has 2 unspecified atom stereocenters. The second kappa shape index (κ2) is 7.88. The van der Waals surface area contributed by atoms with Crippen LogP contribution in [-0.4, -0.2) is 35.5 Å². The van der Waals surface area contributed by atoms with E-state index in [1.165, 1.54) is 31.6 Å². The molecule has 0 aliphatic carbocycles. The van der Waals surface area contributed by atoms with Gasteiger partial charge in [0.15, 0.2) is 10.9 Å². The minimum atomic E-state index is -1.42. The third-order valence-electron chi connectivity index (χ3n) is 4.91. The molecule has 4 rings (SSSR count). The van der Waals surface area contributed by atoms with Crippen molar-refractivity contribution < 1.29 is 32.7 Å². The maximum absolute atomic E-state index is 13.3. The molecule has 1 saturated heterocycles. The van der Waals surface area contributed by atoms with E-state index >= 15 is 0 Å². The molecule has 8 nitrogen and oxygen atoms in total. The summed E-state index contributed by atoms with van der Waals surface area (Å²) in [6.07, 6.45) is 1.35. The predicted octanol–water partition coefficient (Wildman–Crippen LogP) is 3.13. The predicted molar refractivity (Wildman–Crippen MR) is 106 cm³/mol. The lowest BCUT2D eigenvalue weighted by Crippen LogP contribution is -2.30. The van der Waals surface area contributed by atoms with Crippen molar-refractivity contribution in [1.29, 1.82) is 0 Å². The minimum Gasteiger partial charge on any atom is -0.467 e. The van der Waals surface area contributed by atoms with Crippen LogP contribution in [0.25, 0.3) is 0 Å². The minimum absolute atomic E-state index is 0.0621. The van der Waals surface area contributed by atoms with Crippen molar-refractivity contribution >= 4 is 39.9 Å². The number of hydrogen-bond acceptors (Lipinski definition) is 8. The highest BCUT2D eigenvalue weighted by Gasteiger charge is 2.54. The Morgan fingerprint density at radius 2 is 1.90 bits per heavy atom. The van der Waals surface area contributed by atoms with Crippen molar-refractivity contribution in [3.8, 4) is 0 Å². The van der Waals surface area contributed by atoms with Crippen molar-refractivity contribution in [3.63, 3.8) is 0 Å². The molecule has 1 amide bonds. The molecule has 3 aromatic rings. The number of benzene rings is 1. The molecule has 0 saturated carbocycles. The zero-order valence-electron chi connectivity index (χ0n) is 16.3. The third kappa shape index (κ3) is 3.44. The molecular weight excluding hydrogens is 427 g/mol. The van der Waals surface area contributed by atoms with Crippen LogP contribution in [0.1, 0.15) is 37.5 Å². The fraction of sp³-hybridized carbons (Fsp3) is 0.190. The van der Waals surface area contributed by atoms with Gasteiger partial charge in [-0.3, -0.25) is 19.3 Å². The topological polar surface area (TPSA) is 107 Å². The first-order valence-corrected chi connectivity index (χ1v) is 9.91. The number of ether oxygens (including phenoxy) is 1. The number of thiazole rings is 1. The lowest BCUT2D eigenvalue weighted by Gasteiger charge is -2.22. The van der Waals surface area contributed by atoms with E-state index in [0.29, 0.717) is 5.69 Å². The fourth-order valence-corrected chi connectivity index (χ4v) is 4.47. The highest BCUT2D eigenvalue weighted by atomic mass is 32.1. The molecule has 1 fully saturated rings. The molecule has 1 aliphatic heterocycles. The number of carbonyl (C=O) groups is 4. The molecule has 158 valence electrons. The summed E-state index contributed by atoms with van der Waals surface area (Å²) in [7, 11) is 1.22.